The molecule has 1 aliphatic rings. The molecule has 0 radical (unpaired) electrons. The van der Waals surface area contributed by atoms with E-state index in [-0.39, 0.29) is 17.8 Å². The first kappa shape index (κ1) is 14.4. The minimum Gasteiger partial charge on any atom is -0.310 e. The molecule has 5 heteroatoms. The Kier molecular flexibility index (Phi) is 4.91. The van der Waals surface area contributed by atoms with Crippen LogP contribution in [0.2, 0.25) is 0 Å². The van der Waals surface area contributed by atoms with E-state index < -0.39 is 6.43 Å². The molecule has 0 aliphatic heterocycles. The predicted octanol–water partition coefficient (Wildman–Crippen LogP) is 3.82. The highest BCUT2D eigenvalue weighted by Crippen LogP contribution is 2.33. The van der Waals surface area contributed by atoms with Crippen molar-refractivity contribution in [3.05, 3.63) is 17.5 Å². The summed E-state index contributed by atoms with van der Waals surface area (Å²) in [5.74, 6) is 0. The van der Waals surface area contributed by atoms with Crippen molar-refractivity contribution in [2.24, 2.45) is 0 Å². The first-order chi connectivity index (χ1) is 9.09. The van der Waals surface area contributed by atoms with E-state index in [0.29, 0.717) is 12.1 Å². The van der Waals surface area contributed by atoms with E-state index in [9.17, 15) is 8.78 Å². The van der Waals surface area contributed by atoms with E-state index in [0.717, 1.165) is 25.7 Å². The lowest BCUT2D eigenvalue weighted by atomic mass is 9.95. The number of nitrogens with one attached hydrogen (secondary N) is 1. The molecule has 2 rings (SSSR count). The van der Waals surface area contributed by atoms with Crippen LogP contribution in [0, 0.1) is 0 Å². The second-order valence-electron chi connectivity index (χ2n) is 5.63. The van der Waals surface area contributed by atoms with Gasteiger partial charge in [0.25, 0.3) is 6.43 Å². The Bertz CT molecular complexity index is 395. The quantitative estimate of drug-likeness (QED) is 0.882. The SMILES string of the molecule is CC(C)NCc1cnn(C2CCCCC2)c1C(F)F. The Morgan fingerprint density at radius 2 is 2.00 bits per heavy atom. The van der Waals surface area contributed by atoms with Gasteiger partial charge in [0, 0.05) is 18.2 Å². The molecule has 19 heavy (non-hydrogen) atoms. The summed E-state index contributed by atoms with van der Waals surface area (Å²) in [6.45, 7) is 4.48. The molecular weight excluding hydrogens is 248 g/mol. The maximum Gasteiger partial charge on any atom is 0.280 e. The third-order valence-corrected chi connectivity index (χ3v) is 3.74. The summed E-state index contributed by atoms with van der Waals surface area (Å²) in [6.07, 6.45) is 4.54. The summed E-state index contributed by atoms with van der Waals surface area (Å²) in [7, 11) is 0. The molecule has 1 aromatic heterocycles. The van der Waals surface area contributed by atoms with Gasteiger partial charge in [-0.15, -0.1) is 0 Å². The van der Waals surface area contributed by atoms with Gasteiger partial charge in [0.15, 0.2) is 0 Å². The highest BCUT2D eigenvalue weighted by molar-refractivity contribution is 5.20. The van der Waals surface area contributed by atoms with Crippen molar-refractivity contribution in [3.8, 4) is 0 Å². The van der Waals surface area contributed by atoms with Gasteiger partial charge in [-0.05, 0) is 12.8 Å². The molecule has 0 atom stereocenters. The van der Waals surface area contributed by atoms with E-state index in [1.165, 1.54) is 6.42 Å². The fraction of sp³-hybridized carbons (Fsp3) is 0.786. The summed E-state index contributed by atoms with van der Waals surface area (Å²) < 4.78 is 28.2. The highest BCUT2D eigenvalue weighted by atomic mass is 19.3. The Morgan fingerprint density at radius 3 is 2.58 bits per heavy atom. The lowest BCUT2D eigenvalue weighted by molar-refractivity contribution is 0.131. The van der Waals surface area contributed by atoms with Crippen molar-refractivity contribution in [2.45, 2.75) is 71.0 Å². The van der Waals surface area contributed by atoms with E-state index in [1.54, 1.807) is 10.9 Å². The molecule has 0 aromatic carbocycles. The lowest BCUT2D eigenvalue weighted by Crippen LogP contribution is -2.23. The molecule has 0 unspecified atom stereocenters. The zero-order valence-corrected chi connectivity index (χ0v) is 11.7. The van der Waals surface area contributed by atoms with E-state index in [1.807, 2.05) is 13.8 Å². The van der Waals surface area contributed by atoms with Gasteiger partial charge in [-0.25, -0.2) is 8.78 Å². The molecule has 1 fully saturated rings. The molecule has 1 N–H and O–H groups in total. The van der Waals surface area contributed by atoms with Crippen LogP contribution in [-0.2, 0) is 6.54 Å². The van der Waals surface area contributed by atoms with Crippen LogP contribution in [0.3, 0.4) is 0 Å². The fourth-order valence-corrected chi connectivity index (χ4v) is 2.71. The Hall–Kier alpha value is -0.970. The van der Waals surface area contributed by atoms with Crippen LogP contribution in [-0.4, -0.2) is 15.8 Å². The van der Waals surface area contributed by atoms with Crippen LogP contribution in [0.25, 0.3) is 0 Å². The minimum absolute atomic E-state index is 0.111. The molecule has 3 nitrogen and oxygen atoms in total. The summed E-state index contributed by atoms with van der Waals surface area (Å²) in [4.78, 5) is 0. The third kappa shape index (κ3) is 3.53. The van der Waals surface area contributed by atoms with Crippen molar-refractivity contribution in [3.63, 3.8) is 0 Å². The van der Waals surface area contributed by atoms with Gasteiger partial charge in [0.1, 0.15) is 5.69 Å². The first-order valence-corrected chi connectivity index (χ1v) is 7.17. The van der Waals surface area contributed by atoms with Crippen LogP contribution >= 0.6 is 0 Å². The predicted molar refractivity (Wildman–Crippen MR) is 71.3 cm³/mol. The largest absolute Gasteiger partial charge is 0.310 e. The second-order valence-corrected chi connectivity index (χ2v) is 5.63. The molecule has 1 aliphatic carbocycles. The number of alkyl halides is 2. The molecule has 0 spiro atoms. The number of aromatic nitrogens is 2. The fourth-order valence-electron chi connectivity index (χ4n) is 2.71. The Morgan fingerprint density at radius 1 is 1.32 bits per heavy atom. The van der Waals surface area contributed by atoms with Crippen molar-refractivity contribution in [1.29, 1.82) is 0 Å². The molecule has 0 bridgehead atoms. The molecule has 0 amide bonds. The first-order valence-electron chi connectivity index (χ1n) is 7.17. The standard InChI is InChI=1S/C14H23F2N3/c1-10(2)17-8-11-9-18-19(13(11)14(15)16)12-6-4-3-5-7-12/h9-10,12,14,17H,3-8H2,1-2H3. The third-order valence-electron chi connectivity index (χ3n) is 3.74. The summed E-state index contributed by atoms with van der Waals surface area (Å²) in [5, 5.41) is 7.42. The van der Waals surface area contributed by atoms with Gasteiger partial charge >= 0.3 is 0 Å². The van der Waals surface area contributed by atoms with Crippen LogP contribution in [0.1, 0.15) is 69.7 Å². The smallest absolute Gasteiger partial charge is 0.280 e. The maximum atomic E-state index is 13.3. The van der Waals surface area contributed by atoms with Crippen molar-refractivity contribution >= 4 is 0 Å². The van der Waals surface area contributed by atoms with Gasteiger partial charge < -0.3 is 5.32 Å². The van der Waals surface area contributed by atoms with Gasteiger partial charge in [-0.2, -0.15) is 5.10 Å². The molecule has 1 heterocycles. The van der Waals surface area contributed by atoms with Crippen LogP contribution in [0.15, 0.2) is 6.20 Å². The molecular formula is C14H23F2N3. The Labute approximate surface area is 113 Å². The minimum atomic E-state index is -2.45. The van der Waals surface area contributed by atoms with Crippen LogP contribution in [0.5, 0.6) is 0 Å². The zero-order valence-electron chi connectivity index (χ0n) is 11.7. The van der Waals surface area contributed by atoms with Gasteiger partial charge in [-0.3, -0.25) is 4.68 Å². The normalized spacial score (nSPS) is 17.6. The maximum absolute atomic E-state index is 13.3. The zero-order chi connectivity index (χ0) is 13.8. The van der Waals surface area contributed by atoms with E-state index in [4.69, 9.17) is 0 Å². The van der Waals surface area contributed by atoms with Crippen molar-refractivity contribution in [2.75, 3.05) is 0 Å². The number of hydrogen-bond acceptors (Lipinski definition) is 2. The highest BCUT2D eigenvalue weighted by Gasteiger charge is 2.25. The van der Waals surface area contributed by atoms with Crippen molar-refractivity contribution in [1.82, 2.24) is 15.1 Å². The number of halogens is 2. The lowest BCUT2D eigenvalue weighted by Gasteiger charge is -2.24. The Balaban J connectivity index is 2.18. The summed E-state index contributed by atoms with van der Waals surface area (Å²) in [6, 6.07) is 0.439. The number of nitrogens with zero attached hydrogens (tertiary/aromatic N) is 2. The van der Waals surface area contributed by atoms with Gasteiger partial charge in [0.05, 0.1) is 12.2 Å². The van der Waals surface area contributed by atoms with E-state index in [2.05, 4.69) is 10.4 Å². The molecule has 1 aromatic rings. The monoisotopic (exact) mass is 271 g/mol. The molecule has 108 valence electrons. The summed E-state index contributed by atoms with van der Waals surface area (Å²) in [5.41, 5.74) is 0.745. The number of rotatable bonds is 5. The van der Waals surface area contributed by atoms with Crippen molar-refractivity contribution < 1.29 is 8.78 Å². The van der Waals surface area contributed by atoms with Crippen LogP contribution < -0.4 is 5.32 Å². The van der Waals surface area contributed by atoms with E-state index >= 15 is 0 Å². The average Bonchev–Trinajstić information content (AvgIpc) is 2.81. The average molecular weight is 271 g/mol. The molecule has 1 saturated carbocycles. The van der Waals surface area contributed by atoms with Gasteiger partial charge in [-0.1, -0.05) is 33.1 Å². The summed E-state index contributed by atoms with van der Waals surface area (Å²) >= 11 is 0. The second kappa shape index (κ2) is 6.46. The van der Waals surface area contributed by atoms with Crippen LogP contribution in [0.4, 0.5) is 8.78 Å². The number of hydrogen-bond donors (Lipinski definition) is 1. The van der Waals surface area contributed by atoms with Gasteiger partial charge in [0.2, 0.25) is 0 Å². The topological polar surface area (TPSA) is 29.9 Å². The molecule has 0 saturated heterocycles.